The van der Waals surface area contributed by atoms with Gasteiger partial charge in [-0.2, -0.15) is 0 Å². The second kappa shape index (κ2) is 12.9. The normalized spacial score (nSPS) is 14.7. The topological polar surface area (TPSA) is 111 Å². The molecule has 1 fully saturated rings. The molecule has 1 unspecified atom stereocenters. The van der Waals surface area contributed by atoms with Crippen LogP contribution >= 0.6 is 23.4 Å². The monoisotopic (exact) mass is 540 g/mol. The number of carbonyl (C=O) groups excluding carboxylic acids is 2. The Bertz CT molecular complexity index is 1220. The van der Waals surface area contributed by atoms with Crippen LogP contribution in [0.3, 0.4) is 0 Å². The quantitative estimate of drug-likeness (QED) is 0.280. The Hall–Kier alpha value is -3.18. The summed E-state index contributed by atoms with van der Waals surface area (Å²) >= 11 is 7.24. The number of hydrogen-bond acceptors (Lipinski definition) is 8. The highest BCUT2D eigenvalue weighted by molar-refractivity contribution is 7.99. The zero-order chi connectivity index (χ0) is 26.2. The fourth-order valence-corrected chi connectivity index (χ4v) is 5.24. The van der Waals surface area contributed by atoms with E-state index < -0.39 is 5.37 Å². The third kappa shape index (κ3) is 7.42. The zero-order valence-electron chi connectivity index (χ0n) is 20.4. The van der Waals surface area contributed by atoms with Crippen molar-refractivity contribution < 1.29 is 14.7 Å². The Balaban J connectivity index is 1.53. The summed E-state index contributed by atoms with van der Waals surface area (Å²) in [5, 5.41) is 15.6. The number of nitrogens with one attached hydrogen (secondary N) is 2. The molecule has 3 aromatic rings. The van der Waals surface area contributed by atoms with Crippen LogP contribution in [0.5, 0.6) is 0 Å². The smallest absolute Gasteiger partial charge is 0.258 e. The largest absolute Gasteiger partial charge is 0.395 e. The number of piperazine rings is 1. The Morgan fingerprint density at radius 3 is 2.54 bits per heavy atom. The van der Waals surface area contributed by atoms with Gasteiger partial charge in [-0.05, 0) is 54.1 Å². The molecule has 194 valence electrons. The van der Waals surface area contributed by atoms with Crippen LogP contribution in [-0.4, -0.2) is 71.1 Å². The van der Waals surface area contributed by atoms with E-state index in [1.54, 1.807) is 48.8 Å². The maximum absolute atomic E-state index is 13.1. The molecule has 1 saturated heterocycles. The van der Waals surface area contributed by atoms with E-state index >= 15 is 0 Å². The number of aliphatic hydroxyl groups excluding tert-OH is 1. The third-order valence-corrected chi connectivity index (χ3v) is 7.29. The molecule has 0 saturated carbocycles. The average molecular weight is 541 g/mol. The van der Waals surface area contributed by atoms with Crippen molar-refractivity contribution in [3.05, 3.63) is 77.1 Å². The molecule has 3 heterocycles. The predicted molar refractivity (Wildman–Crippen MR) is 146 cm³/mol. The molecule has 1 aliphatic rings. The van der Waals surface area contributed by atoms with Crippen molar-refractivity contribution in [1.29, 1.82) is 0 Å². The van der Waals surface area contributed by atoms with Gasteiger partial charge in [-0.15, -0.1) is 0 Å². The van der Waals surface area contributed by atoms with Gasteiger partial charge in [0.1, 0.15) is 16.2 Å². The fraction of sp³-hybridized carbons (Fsp3) is 0.308. The molecule has 1 atom stereocenters. The molecular weight excluding hydrogens is 512 g/mol. The summed E-state index contributed by atoms with van der Waals surface area (Å²) in [5.74, 6) is 0.311. The molecule has 37 heavy (non-hydrogen) atoms. The predicted octanol–water partition coefficient (Wildman–Crippen LogP) is 3.42. The number of hydrogen-bond donors (Lipinski definition) is 3. The first-order chi connectivity index (χ1) is 17.9. The SMILES string of the molecule is CC(=O)NC(Sc1ncccc1C(=O)Nc1ccc(Cl)cc1)c1ccnc(N2CCN(CCO)CC2)c1. The number of pyridine rings is 2. The van der Waals surface area contributed by atoms with Crippen molar-refractivity contribution in [3.8, 4) is 0 Å². The van der Waals surface area contributed by atoms with Gasteiger partial charge in [-0.1, -0.05) is 23.4 Å². The molecule has 0 radical (unpaired) electrons. The number of nitrogens with zero attached hydrogens (tertiary/aromatic N) is 4. The molecule has 0 aliphatic carbocycles. The van der Waals surface area contributed by atoms with Crippen LogP contribution < -0.4 is 15.5 Å². The van der Waals surface area contributed by atoms with Gasteiger partial charge in [0.05, 0.1) is 12.2 Å². The van der Waals surface area contributed by atoms with E-state index in [9.17, 15) is 14.7 Å². The van der Waals surface area contributed by atoms with Gasteiger partial charge in [0.2, 0.25) is 5.91 Å². The highest BCUT2D eigenvalue weighted by atomic mass is 35.5. The van der Waals surface area contributed by atoms with E-state index in [1.165, 1.54) is 18.7 Å². The molecule has 2 amide bonds. The second-order valence-electron chi connectivity index (χ2n) is 8.52. The van der Waals surface area contributed by atoms with Crippen LogP contribution in [-0.2, 0) is 4.79 Å². The van der Waals surface area contributed by atoms with Crippen LogP contribution in [0.15, 0.2) is 66.0 Å². The number of aliphatic hydroxyl groups is 1. The Morgan fingerprint density at radius 1 is 1.08 bits per heavy atom. The van der Waals surface area contributed by atoms with Gasteiger partial charge in [0.15, 0.2) is 0 Å². The molecule has 11 heteroatoms. The number of aromatic nitrogens is 2. The highest BCUT2D eigenvalue weighted by Gasteiger charge is 2.23. The van der Waals surface area contributed by atoms with Crippen LogP contribution in [0.2, 0.25) is 5.02 Å². The van der Waals surface area contributed by atoms with Crippen molar-refractivity contribution in [1.82, 2.24) is 20.2 Å². The minimum atomic E-state index is -0.480. The van der Waals surface area contributed by atoms with Crippen LogP contribution in [0, 0.1) is 0 Å². The summed E-state index contributed by atoms with van der Waals surface area (Å²) < 4.78 is 0. The number of amides is 2. The second-order valence-corrected chi connectivity index (χ2v) is 10.0. The van der Waals surface area contributed by atoms with Crippen molar-refractivity contribution in [2.24, 2.45) is 0 Å². The van der Waals surface area contributed by atoms with Gasteiger partial charge in [0, 0.05) is 62.8 Å². The Kier molecular flexibility index (Phi) is 9.34. The number of carbonyl (C=O) groups is 2. The molecular formula is C26H29ClN6O3S. The van der Waals surface area contributed by atoms with E-state index in [0.717, 1.165) is 37.6 Å². The molecule has 2 aromatic heterocycles. The number of β-amino-alcohol motifs (C(OH)–C–C–N with tert-alkyl or cyclic N) is 1. The summed E-state index contributed by atoms with van der Waals surface area (Å²) in [6, 6.07) is 14.1. The third-order valence-electron chi connectivity index (χ3n) is 5.87. The molecule has 9 nitrogen and oxygen atoms in total. The van der Waals surface area contributed by atoms with Crippen molar-refractivity contribution in [3.63, 3.8) is 0 Å². The van der Waals surface area contributed by atoms with Gasteiger partial charge < -0.3 is 20.6 Å². The van der Waals surface area contributed by atoms with E-state index in [1.807, 2.05) is 12.1 Å². The van der Waals surface area contributed by atoms with Crippen LogP contribution in [0.1, 0.15) is 28.2 Å². The van der Waals surface area contributed by atoms with Gasteiger partial charge in [0.25, 0.3) is 5.91 Å². The minimum Gasteiger partial charge on any atom is -0.395 e. The van der Waals surface area contributed by atoms with E-state index in [4.69, 9.17) is 11.6 Å². The zero-order valence-corrected chi connectivity index (χ0v) is 22.0. The van der Waals surface area contributed by atoms with Gasteiger partial charge in [-0.3, -0.25) is 14.5 Å². The molecule has 3 N–H and O–H groups in total. The van der Waals surface area contributed by atoms with Crippen LogP contribution in [0.25, 0.3) is 0 Å². The first-order valence-electron chi connectivity index (χ1n) is 11.9. The summed E-state index contributed by atoms with van der Waals surface area (Å²) in [4.78, 5) is 38.6. The number of anilines is 2. The number of halogens is 1. The molecule has 0 bridgehead atoms. The number of benzene rings is 1. The maximum Gasteiger partial charge on any atom is 0.258 e. The van der Waals surface area contributed by atoms with Crippen molar-refractivity contribution in [2.45, 2.75) is 17.3 Å². The number of rotatable bonds is 9. The lowest BCUT2D eigenvalue weighted by Gasteiger charge is -2.35. The van der Waals surface area contributed by atoms with Crippen molar-refractivity contribution >= 4 is 46.7 Å². The number of thioether (sulfide) groups is 1. The Morgan fingerprint density at radius 2 is 1.84 bits per heavy atom. The lowest BCUT2D eigenvalue weighted by Crippen LogP contribution is -2.47. The summed E-state index contributed by atoms with van der Waals surface area (Å²) in [6.45, 7) is 5.56. The lowest BCUT2D eigenvalue weighted by molar-refractivity contribution is -0.119. The molecule has 0 spiro atoms. The first kappa shape index (κ1) is 26.9. The summed E-state index contributed by atoms with van der Waals surface area (Å²) in [6.07, 6.45) is 3.35. The highest BCUT2D eigenvalue weighted by Crippen LogP contribution is 2.35. The maximum atomic E-state index is 13.1. The Labute approximate surface area is 225 Å². The van der Waals surface area contributed by atoms with E-state index in [-0.39, 0.29) is 18.4 Å². The van der Waals surface area contributed by atoms with Crippen LogP contribution in [0.4, 0.5) is 11.5 Å². The standard InChI is InChI=1S/C26H29ClN6O3S/c1-18(35)30-25(19-8-10-28-23(17-19)33-13-11-32(12-14-33)15-16-34)37-26-22(3-2-9-29-26)24(36)31-21-6-4-20(27)5-7-21/h2-10,17,25,34H,11-16H2,1H3,(H,30,35)(H,31,36). The molecule has 4 rings (SSSR count). The van der Waals surface area contributed by atoms with Crippen molar-refractivity contribution in [2.75, 3.05) is 49.5 Å². The fourth-order valence-electron chi connectivity index (χ4n) is 3.98. The van der Waals surface area contributed by atoms with Gasteiger partial charge in [-0.25, -0.2) is 9.97 Å². The summed E-state index contributed by atoms with van der Waals surface area (Å²) in [5.41, 5.74) is 1.86. The lowest BCUT2D eigenvalue weighted by atomic mass is 10.2. The average Bonchev–Trinajstić information content (AvgIpc) is 2.90. The van der Waals surface area contributed by atoms with E-state index in [2.05, 4.69) is 30.4 Å². The first-order valence-corrected chi connectivity index (χ1v) is 13.2. The molecule has 1 aromatic carbocycles. The van der Waals surface area contributed by atoms with E-state index in [0.29, 0.717) is 27.8 Å². The van der Waals surface area contributed by atoms with Gasteiger partial charge >= 0.3 is 0 Å². The summed E-state index contributed by atoms with van der Waals surface area (Å²) in [7, 11) is 0. The minimum absolute atomic E-state index is 0.149. The molecule has 1 aliphatic heterocycles.